The molecule has 1 atom stereocenters. The number of amides is 1. The van der Waals surface area contributed by atoms with Crippen LogP contribution < -0.4 is 10.1 Å². The number of halogens is 1. The second-order valence-corrected chi connectivity index (χ2v) is 5.87. The molecule has 0 heterocycles. The van der Waals surface area contributed by atoms with Crippen LogP contribution in [-0.2, 0) is 4.79 Å². The average Bonchev–Trinajstić information content (AvgIpc) is 2.51. The molecule has 6 heteroatoms. The molecule has 0 aliphatic heterocycles. The summed E-state index contributed by atoms with van der Waals surface area (Å²) in [7, 11) is 0. The van der Waals surface area contributed by atoms with Gasteiger partial charge < -0.3 is 15.2 Å². The summed E-state index contributed by atoms with van der Waals surface area (Å²) in [6.07, 6.45) is 5.56. The molecule has 1 aromatic rings. The highest BCUT2D eigenvalue weighted by atomic mass is 35.5. The van der Waals surface area contributed by atoms with Crippen LogP contribution in [0.5, 0.6) is 5.75 Å². The number of nitrogens with one attached hydrogen (secondary N) is 1. The predicted molar refractivity (Wildman–Crippen MR) is 90.3 cm³/mol. The minimum Gasteiger partial charge on any atom is -0.493 e. The van der Waals surface area contributed by atoms with Gasteiger partial charge in [-0.1, -0.05) is 44.2 Å². The molecule has 23 heavy (non-hydrogen) atoms. The molecule has 128 valence electrons. The van der Waals surface area contributed by atoms with E-state index in [2.05, 4.69) is 12.2 Å². The van der Waals surface area contributed by atoms with Crippen LogP contribution >= 0.6 is 11.6 Å². The zero-order chi connectivity index (χ0) is 17.2. The van der Waals surface area contributed by atoms with Crippen molar-refractivity contribution in [1.82, 2.24) is 5.32 Å². The first-order valence-corrected chi connectivity index (χ1v) is 8.29. The minimum atomic E-state index is -1.10. The monoisotopic (exact) mass is 341 g/mol. The number of unbranched alkanes of at least 4 members (excludes halogenated alkanes) is 4. The van der Waals surface area contributed by atoms with Crippen LogP contribution in [0.15, 0.2) is 18.2 Å². The van der Waals surface area contributed by atoms with Gasteiger partial charge in [0.15, 0.2) is 0 Å². The van der Waals surface area contributed by atoms with Crippen molar-refractivity contribution in [2.24, 2.45) is 0 Å². The zero-order valence-electron chi connectivity index (χ0n) is 13.6. The summed E-state index contributed by atoms with van der Waals surface area (Å²) in [4.78, 5) is 23.0. The van der Waals surface area contributed by atoms with Gasteiger partial charge >= 0.3 is 5.97 Å². The molecule has 0 fully saturated rings. The number of hydrogen-bond donors (Lipinski definition) is 2. The molecule has 0 aliphatic carbocycles. The van der Waals surface area contributed by atoms with Gasteiger partial charge in [0.05, 0.1) is 12.2 Å². The molecule has 2 N–H and O–H groups in total. The molecule has 1 unspecified atom stereocenters. The van der Waals surface area contributed by atoms with E-state index in [-0.39, 0.29) is 5.56 Å². The van der Waals surface area contributed by atoms with Crippen LogP contribution in [0.3, 0.4) is 0 Å². The number of rotatable bonds is 10. The molecule has 0 saturated carbocycles. The van der Waals surface area contributed by atoms with Gasteiger partial charge in [-0.2, -0.15) is 0 Å². The maximum atomic E-state index is 12.2. The highest BCUT2D eigenvalue weighted by molar-refractivity contribution is 6.31. The van der Waals surface area contributed by atoms with Crippen molar-refractivity contribution >= 4 is 23.5 Å². The second kappa shape index (κ2) is 10.1. The Morgan fingerprint density at radius 3 is 2.61 bits per heavy atom. The first-order valence-electron chi connectivity index (χ1n) is 7.91. The van der Waals surface area contributed by atoms with E-state index in [1.54, 1.807) is 12.1 Å². The Hall–Kier alpha value is -1.75. The lowest BCUT2D eigenvalue weighted by Crippen LogP contribution is -2.38. The highest BCUT2D eigenvalue weighted by Gasteiger charge is 2.19. The Kier molecular flexibility index (Phi) is 8.48. The summed E-state index contributed by atoms with van der Waals surface area (Å²) >= 11 is 5.93. The Morgan fingerprint density at radius 2 is 1.96 bits per heavy atom. The number of carboxylic acid groups (broad SMARTS) is 1. The van der Waals surface area contributed by atoms with Gasteiger partial charge in [-0.15, -0.1) is 0 Å². The quantitative estimate of drug-likeness (QED) is 0.633. The molecular formula is C17H24ClNO4. The molecule has 0 aliphatic rings. The van der Waals surface area contributed by atoms with Gasteiger partial charge in [-0.25, -0.2) is 0 Å². The van der Waals surface area contributed by atoms with Gasteiger partial charge in [0.2, 0.25) is 0 Å². The Balaban J connectivity index is 2.65. The molecule has 0 aromatic heterocycles. The molecule has 1 amide bonds. The van der Waals surface area contributed by atoms with Crippen LogP contribution in [0.4, 0.5) is 0 Å². The van der Waals surface area contributed by atoms with Gasteiger partial charge in [0.1, 0.15) is 11.8 Å². The first kappa shape index (κ1) is 19.3. The van der Waals surface area contributed by atoms with Gasteiger partial charge in [-0.05, 0) is 31.5 Å². The number of aliphatic carboxylic acids is 1. The van der Waals surface area contributed by atoms with Crippen molar-refractivity contribution in [3.05, 3.63) is 28.8 Å². The van der Waals surface area contributed by atoms with Crippen LogP contribution in [-0.4, -0.2) is 29.6 Å². The SMILES string of the molecule is CCCCCCCOc1ccc(Cl)cc1C(=O)NC(C)C(=O)O. The number of carbonyl (C=O) groups is 2. The third kappa shape index (κ3) is 6.91. The van der Waals surface area contributed by atoms with Crippen molar-refractivity contribution < 1.29 is 19.4 Å². The number of carboxylic acids is 1. The normalized spacial score (nSPS) is 11.8. The molecular weight excluding hydrogens is 318 g/mol. The summed E-state index contributed by atoms with van der Waals surface area (Å²) in [5.41, 5.74) is 0.249. The number of ether oxygens (including phenoxy) is 1. The maximum absolute atomic E-state index is 12.2. The van der Waals surface area contributed by atoms with E-state index in [1.165, 1.54) is 32.3 Å². The van der Waals surface area contributed by atoms with Crippen molar-refractivity contribution in [3.63, 3.8) is 0 Å². The van der Waals surface area contributed by atoms with E-state index < -0.39 is 17.9 Å². The standard InChI is InChI=1S/C17H24ClNO4/c1-3-4-5-6-7-10-23-15-9-8-13(18)11-14(15)16(20)19-12(2)17(21)22/h8-9,11-12H,3-7,10H2,1-2H3,(H,19,20)(H,21,22). The minimum absolute atomic E-state index is 0.249. The zero-order valence-corrected chi connectivity index (χ0v) is 14.4. The molecule has 0 spiro atoms. The summed E-state index contributed by atoms with van der Waals surface area (Å²) in [5, 5.41) is 11.7. The molecule has 0 saturated heterocycles. The highest BCUT2D eigenvalue weighted by Crippen LogP contribution is 2.23. The van der Waals surface area contributed by atoms with Crippen molar-refractivity contribution in [1.29, 1.82) is 0 Å². The van der Waals surface area contributed by atoms with Crippen molar-refractivity contribution in [2.75, 3.05) is 6.61 Å². The Labute approximate surface area is 142 Å². The smallest absolute Gasteiger partial charge is 0.325 e. The van der Waals surface area contributed by atoms with E-state index in [4.69, 9.17) is 21.4 Å². The van der Waals surface area contributed by atoms with Crippen LogP contribution in [0, 0.1) is 0 Å². The topological polar surface area (TPSA) is 75.6 Å². The van der Waals surface area contributed by atoms with E-state index in [0.29, 0.717) is 17.4 Å². The number of benzene rings is 1. The van der Waals surface area contributed by atoms with Gasteiger partial charge in [0.25, 0.3) is 5.91 Å². The summed E-state index contributed by atoms with van der Waals surface area (Å²) in [6.45, 7) is 4.08. The van der Waals surface area contributed by atoms with Crippen LogP contribution in [0.1, 0.15) is 56.3 Å². The predicted octanol–water partition coefficient (Wildman–Crippen LogP) is 3.89. The molecule has 1 aromatic carbocycles. The van der Waals surface area contributed by atoms with Gasteiger partial charge in [0, 0.05) is 5.02 Å². The molecule has 0 radical (unpaired) electrons. The second-order valence-electron chi connectivity index (χ2n) is 5.44. The van der Waals surface area contributed by atoms with Crippen molar-refractivity contribution in [3.8, 4) is 5.75 Å². The lowest BCUT2D eigenvalue weighted by atomic mass is 10.1. The lowest BCUT2D eigenvalue weighted by molar-refractivity contribution is -0.138. The number of carbonyl (C=O) groups excluding carboxylic acids is 1. The van der Waals surface area contributed by atoms with E-state index in [0.717, 1.165) is 12.8 Å². The fourth-order valence-corrected chi connectivity index (χ4v) is 2.20. The number of hydrogen-bond acceptors (Lipinski definition) is 3. The third-order valence-electron chi connectivity index (χ3n) is 3.41. The van der Waals surface area contributed by atoms with E-state index in [1.807, 2.05) is 0 Å². The fourth-order valence-electron chi connectivity index (χ4n) is 2.03. The summed E-state index contributed by atoms with van der Waals surface area (Å²) in [6, 6.07) is 3.78. The maximum Gasteiger partial charge on any atom is 0.325 e. The molecule has 0 bridgehead atoms. The summed E-state index contributed by atoms with van der Waals surface area (Å²) in [5.74, 6) is -1.19. The largest absolute Gasteiger partial charge is 0.493 e. The Bertz CT molecular complexity index is 533. The van der Waals surface area contributed by atoms with Crippen LogP contribution in [0.25, 0.3) is 0 Å². The molecule has 5 nitrogen and oxygen atoms in total. The third-order valence-corrected chi connectivity index (χ3v) is 3.64. The average molecular weight is 342 g/mol. The van der Waals surface area contributed by atoms with E-state index in [9.17, 15) is 9.59 Å². The lowest BCUT2D eigenvalue weighted by Gasteiger charge is -2.14. The van der Waals surface area contributed by atoms with Crippen molar-refractivity contribution in [2.45, 2.75) is 52.0 Å². The molecule has 1 rings (SSSR count). The van der Waals surface area contributed by atoms with Crippen LogP contribution in [0.2, 0.25) is 5.02 Å². The Morgan fingerprint density at radius 1 is 1.26 bits per heavy atom. The summed E-state index contributed by atoms with van der Waals surface area (Å²) < 4.78 is 5.67. The fraction of sp³-hybridized carbons (Fsp3) is 0.529. The van der Waals surface area contributed by atoms with Gasteiger partial charge in [-0.3, -0.25) is 9.59 Å². The first-order chi connectivity index (χ1) is 11.0. The van der Waals surface area contributed by atoms with E-state index >= 15 is 0 Å².